The number of hydrogen-bond donors (Lipinski definition) is 0. The first-order valence-electron chi connectivity index (χ1n) is 4.90. The summed E-state index contributed by atoms with van der Waals surface area (Å²) in [6.07, 6.45) is 1.84. The normalized spacial score (nSPS) is 25.1. The van der Waals surface area contributed by atoms with Crippen molar-refractivity contribution >= 4 is 5.97 Å². The van der Waals surface area contributed by atoms with E-state index in [4.69, 9.17) is 10.00 Å². The van der Waals surface area contributed by atoms with Gasteiger partial charge in [0.15, 0.2) is 0 Å². The Hall–Kier alpha value is -1.08. The molecule has 1 aliphatic heterocycles. The first kappa shape index (κ1) is 11.0. The van der Waals surface area contributed by atoms with Crippen LogP contribution in [0.25, 0.3) is 0 Å². The summed E-state index contributed by atoms with van der Waals surface area (Å²) in [5.41, 5.74) is 0. The van der Waals surface area contributed by atoms with Crippen LogP contribution in [0.15, 0.2) is 0 Å². The standard InChI is InChI=1S/C10H16N2O2/c1-8(6-11)12-5-3-4-9(7-12)10(13)14-2/h8-9H,3-5,7H2,1-2H3/t8?,9-/m0/s1. The van der Waals surface area contributed by atoms with Crippen LogP contribution in [-0.4, -0.2) is 37.1 Å². The van der Waals surface area contributed by atoms with E-state index in [1.807, 2.05) is 11.8 Å². The molecule has 1 aliphatic rings. The van der Waals surface area contributed by atoms with Crippen LogP contribution in [-0.2, 0) is 9.53 Å². The van der Waals surface area contributed by atoms with E-state index in [-0.39, 0.29) is 17.9 Å². The zero-order valence-corrected chi connectivity index (χ0v) is 8.69. The summed E-state index contributed by atoms with van der Waals surface area (Å²) in [4.78, 5) is 13.3. The second kappa shape index (κ2) is 4.97. The molecule has 0 N–H and O–H groups in total. The molecule has 1 unspecified atom stereocenters. The molecule has 4 heteroatoms. The summed E-state index contributed by atoms with van der Waals surface area (Å²) in [6, 6.07) is 2.08. The van der Waals surface area contributed by atoms with Gasteiger partial charge < -0.3 is 4.74 Å². The lowest BCUT2D eigenvalue weighted by atomic mass is 9.97. The average Bonchev–Trinajstić information content (AvgIpc) is 2.27. The zero-order valence-electron chi connectivity index (χ0n) is 8.69. The van der Waals surface area contributed by atoms with Gasteiger partial charge in [-0.2, -0.15) is 5.26 Å². The van der Waals surface area contributed by atoms with Gasteiger partial charge in [-0.25, -0.2) is 0 Å². The van der Waals surface area contributed by atoms with Gasteiger partial charge in [0.25, 0.3) is 0 Å². The lowest BCUT2D eigenvalue weighted by molar-refractivity contribution is -0.147. The predicted octanol–water partition coefficient (Wildman–Crippen LogP) is 0.783. The van der Waals surface area contributed by atoms with E-state index < -0.39 is 0 Å². The molecule has 0 amide bonds. The van der Waals surface area contributed by atoms with Crippen LogP contribution in [0.4, 0.5) is 0 Å². The number of carbonyl (C=O) groups is 1. The minimum Gasteiger partial charge on any atom is -0.469 e. The van der Waals surface area contributed by atoms with E-state index in [0.717, 1.165) is 19.4 Å². The van der Waals surface area contributed by atoms with Crippen molar-refractivity contribution in [3.8, 4) is 6.07 Å². The highest BCUT2D eigenvalue weighted by molar-refractivity contribution is 5.72. The number of hydrogen-bond acceptors (Lipinski definition) is 4. The molecule has 4 nitrogen and oxygen atoms in total. The number of nitriles is 1. The number of ether oxygens (including phenoxy) is 1. The second-order valence-corrected chi connectivity index (χ2v) is 3.66. The second-order valence-electron chi connectivity index (χ2n) is 3.66. The van der Waals surface area contributed by atoms with Gasteiger partial charge in [-0.05, 0) is 26.3 Å². The fourth-order valence-electron chi connectivity index (χ4n) is 1.80. The minimum absolute atomic E-state index is 0.0513. The van der Waals surface area contributed by atoms with Gasteiger partial charge in [0.05, 0.1) is 25.1 Å². The van der Waals surface area contributed by atoms with Crippen molar-refractivity contribution in [1.82, 2.24) is 4.90 Å². The lowest BCUT2D eigenvalue weighted by Crippen LogP contribution is -2.43. The summed E-state index contributed by atoms with van der Waals surface area (Å²) in [5.74, 6) is -0.204. The highest BCUT2D eigenvalue weighted by Crippen LogP contribution is 2.19. The maximum Gasteiger partial charge on any atom is 0.309 e. The summed E-state index contributed by atoms with van der Waals surface area (Å²) in [7, 11) is 1.41. The van der Waals surface area contributed by atoms with Gasteiger partial charge in [0, 0.05) is 6.54 Å². The van der Waals surface area contributed by atoms with Gasteiger partial charge in [-0.3, -0.25) is 9.69 Å². The molecule has 0 spiro atoms. The van der Waals surface area contributed by atoms with E-state index in [0.29, 0.717) is 6.54 Å². The van der Waals surface area contributed by atoms with Crippen molar-refractivity contribution in [3.05, 3.63) is 0 Å². The van der Waals surface area contributed by atoms with Gasteiger partial charge in [-0.1, -0.05) is 0 Å². The van der Waals surface area contributed by atoms with Crippen molar-refractivity contribution in [3.63, 3.8) is 0 Å². The molecule has 0 aromatic heterocycles. The molecular weight excluding hydrogens is 180 g/mol. The van der Waals surface area contributed by atoms with Gasteiger partial charge in [-0.15, -0.1) is 0 Å². The molecule has 0 aliphatic carbocycles. The summed E-state index contributed by atoms with van der Waals surface area (Å²) >= 11 is 0. The Balaban J connectivity index is 2.52. The SMILES string of the molecule is COC(=O)[C@H]1CCCN(C(C)C#N)C1. The molecule has 2 atom stereocenters. The summed E-state index contributed by atoms with van der Waals surface area (Å²) < 4.78 is 4.70. The van der Waals surface area contributed by atoms with Crippen LogP contribution in [0, 0.1) is 17.2 Å². The summed E-state index contributed by atoms with van der Waals surface area (Å²) in [6.45, 7) is 3.42. The maximum atomic E-state index is 11.3. The molecule has 1 heterocycles. The lowest BCUT2D eigenvalue weighted by Gasteiger charge is -2.32. The fourth-order valence-corrected chi connectivity index (χ4v) is 1.80. The van der Waals surface area contributed by atoms with Gasteiger partial charge in [0.2, 0.25) is 0 Å². The minimum atomic E-state index is -0.153. The van der Waals surface area contributed by atoms with Crippen molar-refractivity contribution in [2.24, 2.45) is 5.92 Å². The zero-order chi connectivity index (χ0) is 10.6. The Bertz CT molecular complexity index is 247. The molecule has 1 rings (SSSR count). The van der Waals surface area contributed by atoms with Crippen LogP contribution in [0.5, 0.6) is 0 Å². The number of methoxy groups -OCH3 is 1. The molecule has 0 bridgehead atoms. The topological polar surface area (TPSA) is 53.3 Å². The third kappa shape index (κ3) is 2.46. The quantitative estimate of drug-likeness (QED) is 0.612. The number of nitrogens with zero attached hydrogens (tertiary/aromatic N) is 2. The van der Waals surface area contributed by atoms with Crippen LogP contribution in [0.3, 0.4) is 0 Å². The molecule has 0 radical (unpaired) electrons. The van der Waals surface area contributed by atoms with Crippen LogP contribution >= 0.6 is 0 Å². The Labute approximate surface area is 84.4 Å². The summed E-state index contributed by atoms with van der Waals surface area (Å²) in [5, 5.41) is 8.76. The fraction of sp³-hybridized carbons (Fsp3) is 0.800. The Morgan fingerprint density at radius 1 is 1.71 bits per heavy atom. The first-order chi connectivity index (χ1) is 6.69. The highest BCUT2D eigenvalue weighted by Gasteiger charge is 2.28. The molecule has 1 fully saturated rings. The molecule has 0 saturated carbocycles. The molecule has 1 saturated heterocycles. The number of piperidine rings is 1. The molecular formula is C10H16N2O2. The average molecular weight is 196 g/mol. The molecule has 0 aromatic carbocycles. The number of rotatable bonds is 2. The van der Waals surface area contributed by atoms with Crippen molar-refractivity contribution in [2.45, 2.75) is 25.8 Å². The predicted molar refractivity (Wildman–Crippen MR) is 51.4 cm³/mol. The largest absolute Gasteiger partial charge is 0.469 e. The number of esters is 1. The highest BCUT2D eigenvalue weighted by atomic mass is 16.5. The molecule has 14 heavy (non-hydrogen) atoms. The van der Waals surface area contributed by atoms with E-state index in [1.165, 1.54) is 7.11 Å². The Morgan fingerprint density at radius 3 is 3.00 bits per heavy atom. The van der Waals surface area contributed by atoms with Crippen molar-refractivity contribution in [1.29, 1.82) is 5.26 Å². The van der Waals surface area contributed by atoms with Crippen LogP contribution in [0.2, 0.25) is 0 Å². The third-order valence-electron chi connectivity index (χ3n) is 2.72. The van der Waals surface area contributed by atoms with Crippen LogP contribution in [0.1, 0.15) is 19.8 Å². The number of likely N-dealkylation sites (tertiary alicyclic amines) is 1. The van der Waals surface area contributed by atoms with Crippen LogP contribution < -0.4 is 0 Å². The third-order valence-corrected chi connectivity index (χ3v) is 2.72. The smallest absolute Gasteiger partial charge is 0.309 e. The van der Waals surface area contributed by atoms with Gasteiger partial charge in [0.1, 0.15) is 0 Å². The molecule has 78 valence electrons. The first-order valence-corrected chi connectivity index (χ1v) is 4.90. The van der Waals surface area contributed by atoms with Gasteiger partial charge >= 0.3 is 5.97 Å². The maximum absolute atomic E-state index is 11.3. The van der Waals surface area contributed by atoms with E-state index >= 15 is 0 Å². The molecule has 0 aromatic rings. The van der Waals surface area contributed by atoms with E-state index in [2.05, 4.69) is 6.07 Å². The van der Waals surface area contributed by atoms with E-state index in [9.17, 15) is 4.79 Å². The van der Waals surface area contributed by atoms with Crippen molar-refractivity contribution < 1.29 is 9.53 Å². The number of carbonyl (C=O) groups excluding carboxylic acids is 1. The van der Waals surface area contributed by atoms with Crippen molar-refractivity contribution in [2.75, 3.05) is 20.2 Å². The monoisotopic (exact) mass is 196 g/mol. The van der Waals surface area contributed by atoms with E-state index in [1.54, 1.807) is 0 Å². The Kier molecular flexibility index (Phi) is 3.90. The Morgan fingerprint density at radius 2 is 2.43 bits per heavy atom.